The van der Waals surface area contributed by atoms with E-state index in [-0.39, 0.29) is 24.8 Å². The Morgan fingerprint density at radius 3 is 1.77 bits per heavy atom. The number of rotatable bonds is 1. The van der Waals surface area contributed by atoms with Gasteiger partial charge in [-0.3, -0.25) is 0 Å². The van der Waals surface area contributed by atoms with Crippen LogP contribution >= 0.6 is 24.8 Å². The van der Waals surface area contributed by atoms with Crippen LogP contribution in [0, 0.1) is 0 Å². The minimum absolute atomic E-state index is 0. The Morgan fingerprint density at radius 1 is 1.15 bits per heavy atom. The van der Waals surface area contributed by atoms with Gasteiger partial charge in [-0.2, -0.15) is 0 Å². The van der Waals surface area contributed by atoms with Gasteiger partial charge in [-0.1, -0.05) is 0 Å². The van der Waals surface area contributed by atoms with E-state index in [1.54, 1.807) is 3.28 Å². The van der Waals surface area contributed by atoms with Crippen LogP contribution in [0.5, 0.6) is 0 Å². The van der Waals surface area contributed by atoms with Gasteiger partial charge >= 0.3 is 69.2 Å². The van der Waals surface area contributed by atoms with Crippen molar-refractivity contribution in [2.75, 3.05) is 0 Å². The molecular weight excluding hydrogens is 298 g/mol. The number of allylic oxidation sites excluding steroid dienone is 4. The molecule has 0 spiro atoms. The number of hydrogen-bond acceptors (Lipinski definition) is 0. The zero-order chi connectivity index (χ0) is 8.81. The van der Waals surface area contributed by atoms with E-state index >= 15 is 0 Å². The third-order valence-corrected chi connectivity index (χ3v) is 13.3. The quantitative estimate of drug-likeness (QED) is 0.647. The molecule has 0 aromatic carbocycles. The topological polar surface area (TPSA) is 0 Å². The van der Waals surface area contributed by atoms with Crippen LogP contribution in [0.4, 0.5) is 0 Å². The van der Waals surface area contributed by atoms with E-state index in [9.17, 15) is 0 Å². The fourth-order valence-corrected chi connectivity index (χ4v) is 7.69. The summed E-state index contributed by atoms with van der Waals surface area (Å²) in [6.07, 6.45) is 8.03. The van der Waals surface area contributed by atoms with Crippen LogP contribution < -0.4 is 0 Å². The van der Waals surface area contributed by atoms with Crippen LogP contribution in [0.15, 0.2) is 21.5 Å². The van der Waals surface area contributed by atoms with E-state index in [0.29, 0.717) is 0 Å². The Morgan fingerprint density at radius 2 is 1.62 bits per heavy atom. The molecule has 0 heterocycles. The summed E-state index contributed by atoms with van der Waals surface area (Å²) >= 11 is -2.75. The maximum atomic E-state index is 2.51. The Bertz CT molecular complexity index is 317. The molecule has 0 N–H and O–H groups in total. The third kappa shape index (κ3) is 4.97. The van der Waals surface area contributed by atoms with Gasteiger partial charge in [0.1, 0.15) is 0 Å². The van der Waals surface area contributed by atoms with Crippen molar-refractivity contribution in [3.8, 4) is 0 Å². The second-order valence-electron chi connectivity index (χ2n) is 6.92. The monoisotopic (exact) mass is 317 g/mol. The number of halogens is 2. The second kappa shape index (κ2) is 3.63. The van der Waals surface area contributed by atoms with Gasteiger partial charge in [0.2, 0.25) is 0 Å². The summed E-state index contributed by atoms with van der Waals surface area (Å²) in [4.78, 5) is 0. The van der Waals surface area contributed by atoms with Crippen molar-refractivity contribution >= 4 is 31.7 Å². The standard InChI is InChI=1S/C5H5.4CH3.2ClH.H2Si.Zr/c1-2-4-5-3-1;;;;;;;;/h1-3H,4H2;4*1H3;2*1H;1H2;. The molecule has 4 heteroatoms. The molecule has 0 saturated heterocycles. The molecule has 1 aliphatic rings. The molecule has 1 aliphatic carbocycles. The van der Waals surface area contributed by atoms with Gasteiger partial charge in [-0.25, -0.2) is 0 Å². The van der Waals surface area contributed by atoms with Gasteiger partial charge in [0.15, 0.2) is 0 Å². The molecule has 0 amide bonds. The van der Waals surface area contributed by atoms with Gasteiger partial charge in [0, 0.05) is 0 Å². The van der Waals surface area contributed by atoms with Gasteiger partial charge in [0.25, 0.3) is 0 Å². The molecule has 79 valence electrons. The van der Waals surface area contributed by atoms with Crippen molar-refractivity contribution in [1.82, 2.24) is 0 Å². The van der Waals surface area contributed by atoms with Crippen LogP contribution in [0.1, 0.15) is 6.42 Å². The molecule has 0 nitrogen and oxygen atoms in total. The predicted molar refractivity (Wildman–Crippen MR) is 68.3 cm³/mol. The molecule has 13 heavy (non-hydrogen) atoms. The van der Waals surface area contributed by atoms with Crippen LogP contribution in [-0.2, 0) is 15.9 Å². The van der Waals surface area contributed by atoms with Crippen molar-refractivity contribution in [2.45, 2.75) is 24.9 Å². The van der Waals surface area contributed by atoms with E-state index in [0.717, 1.165) is 0 Å². The van der Waals surface area contributed by atoms with E-state index < -0.39 is 15.9 Å². The molecule has 0 fully saturated rings. The first-order valence-corrected chi connectivity index (χ1v) is 21.3. The second-order valence-corrected chi connectivity index (χ2v) is 54.8. The average molecular weight is 319 g/mol. The maximum absolute atomic E-state index is 2.75. The normalized spacial score (nSPS) is 20.5. The van der Waals surface area contributed by atoms with Gasteiger partial charge in [0.05, 0.1) is 0 Å². The summed E-state index contributed by atoms with van der Waals surface area (Å²) in [7, 11) is 0. The fourth-order valence-electron chi connectivity index (χ4n) is 1.32. The van der Waals surface area contributed by atoms with Gasteiger partial charge in [-0.15, -0.1) is 24.8 Å². The first kappa shape index (κ1) is 16.6. The third-order valence-electron chi connectivity index (χ3n) is 2.28. The summed E-state index contributed by atoms with van der Waals surface area (Å²) in [6, 6.07) is 0. The molecule has 0 aromatic rings. The van der Waals surface area contributed by atoms with Crippen molar-refractivity contribution in [2.24, 2.45) is 0 Å². The van der Waals surface area contributed by atoms with Gasteiger partial charge < -0.3 is 0 Å². The molecule has 0 saturated carbocycles. The van der Waals surface area contributed by atoms with E-state index in [2.05, 4.69) is 43.6 Å². The molecule has 1 rings (SSSR count). The van der Waals surface area contributed by atoms with E-state index in [1.165, 1.54) is 6.42 Å². The fraction of sp³-hybridized carbons (Fsp3) is 0.556. The number of hydrogen-bond donors (Lipinski definition) is 0. The molecule has 0 aromatic heterocycles. The van der Waals surface area contributed by atoms with Crippen LogP contribution in [0.2, 0.25) is 18.5 Å². The van der Waals surface area contributed by atoms with Crippen LogP contribution in [0.3, 0.4) is 0 Å². The molecule has 0 unspecified atom stereocenters. The average Bonchev–Trinajstić information content (AvgIpc) is 2.01. The predicted octanol–water partition coefficient (Wildman–Crippen LogP) is 3.64. The summed E-state index contributed by atoms with van der Waals surface area (Å²) < 4.78 is 11.8. The summed E-state index contributed by atoms with van der Waals surface area (Å²) in [5.41, 5.74) is 0. The summed E-state index contributed by atoms with van der Waals surface area (Å²) in [6.45, 7) is 2.28. The van der Waals surface area contributed by atoms with E-state index in [1.807, 2.05) is 0 Å². The minimum atomic E-state index is -2.75. The van der Waals surface area contributed by atoms with Crippen LogP contribution in [0.25, 0.3) is 0 Å². The Balaban J connectivity index is 0. The Kier molecular flexibility index (Phi) is 4.63. The first-order chi connectivity index (χ1) is 4.59. The Hall–Kier alpha value is 1.16. The molecule has 0 atom stereocenters. The summed E-state index contributed by atoms with van der Waals surface area (Å²) in [5.74, 6) is 0. The first-order valence-electron chi connectivity index (χ1n) is 4.32. The Labute approximate surface area is 93.3 Å². The van der Waals surface area contributed by atoms with Gasteiger partial charge in [-0.05, 0) is 0 Å². The zero-order valence-electron chi connectivity index (χ0n) is 8.96. The SMILES string of the molecule is Cl.Cl.[CH3][Zr]([CH3])([CH3])([CH3])(=[SiH2])[C]1=CC=CC1. The molecular formula is C9H21Cl2SiZr. The van der Waals surface area contributed by atoms with Crippen molar-refractivity contribution in [1.29, 1.82) is 0 Å². The molecule has 0 bridgehead atoms. The van der Waals surface area contributed by atoms with Crippen molar-refractivity contribution in [3.63, 3.8) is 0 Å². The molecule has 0 aliphatic heterocycles. The summed E-state index contributed by atoms with van der Waals surface area (Å²) in [5, 5.41) is 0. The molecule has 0 radical (unpaired) electrons. The van der Waals surface area contributed by atoms with Crippen molar-refractivity contribution in [3.05, 3.63) is 21.5 Å². The zero-order valence-corrected chi connectivity index (χ0v) is 14.5. The van der Waals surface area contributed by atoms with E-state index in [4.69, 9.17) is 0 Å². The van der Waals surface area contributed by atoms with Crippen LogP contribution in [-0.4, -0.2) is 6.88 Å². The van der Waals surface area contributed by atoms with Crippen molar-refractivity contribution < 1.29 is 15.9 Å².